The highest BCUT2D eigenvalue weighted by molar-refractivity contribution is 8.02. The minimum Gasteiger partial charge on any atom is -0.369 e. The lowest BCUT2D eigenvalue weighted by molar-refractivity contribution is -0.117. The zero-order valence-corrected chi connectivity index (χ0v) is 9.61. The van der Waals surface area contributed by atoms with Crippen molar-refractivity contribution >= 4 is 34.1 Å². The number of nitrogens with two attached hydrogens (primary N) is 1. The van der Waals surface area contributed by atoms with Crippen LogP contribution >= 0.6 is 23.1 Å². The van der Waals surface area contributed by atoms with Gasteiger partial charge in [0.05, 0.1) is 5.25 Å². The standard InChI is InChI=1S/C7H12N4OS2/c1-3-9-6-10-11-7(14-6)13-4(2)5(8)12/h4H,3H2,1-2H3,(H2,8,12)(H,9,10)/t4-/m0/s1. The van der Waals surface area contributed by atoms with Crippen molar-refractivity contribution < 1.29 is 4.79 Å². The molecule has 0 aliphatic carbocycles. The molecular formula is C7H12N4OS2. The van der Waals surface area contributed by atoms with E-state index in [4.69, 9.17) is 5.73 Å². The number of nitrogens with one attached hydrogen (secondary N) is 1. The molecule has 0 saturated carbocycles. The van der Waals surface area contributed by atoms with Crippen molar-refractivity contribution in [2.75, 3.05) is 11.9 Å². The third-order valence-electron chi connectivity index (χ3n) is 1.41. The van der Waals surface area contributed by atoms with Crippen LogP contribution in [0.5, 0.6) is 0 Å². The summed E-state index contributed by atoms with van der Waals surface area (Å²) < 4.78 is 0.757. The summed E-state index contributed by atoms with van der Waals surface area (Å²) in [5, 5.41) is 11.4. The van der Waals surface area contributed by atoms with Gasteiger partial charge in [-0.1, -0.05) is 23.1 Å². The van der Waals surface area contributed by atoms with Crippen LogP contribution in [-0.4, -0.2) is 27.9 Å². The SMILES string of the molecule is CCNc1nnc(S[C@@H](C)C(N)=O)s1. The number of primary amides is 1. The van der Waals surface area contributed by atoms with E-state index in [1.165, 1.54) is 23.1 Å². The Labute approximate surface area is 90.5 Å². The Morgan fingerprint density at radius 1 is 1.71 bits per heavy atom. The molecule has 1 aromatic rings. The third kappa shape index (κ3) is 3.15. The number of carbonyl (C=O) groups excluding carboxylic acids is 1. The van der Waals surface area contributed by atoms with Gasteiger partial charge in [-0.3, -0.25) is 4.79 Å². The molecule has 0 saturated heterocycles. The molecule has 0 radical (unpaired) electrons. The lowest BCUT2D eigenvalue weighted by Gasteiger charge is -2.01. The van der Waals surface area contributed by atoms with E-state index in [0.717, 1.165) is 16.0 Å². The average Bonchev–Trinajstić information content (AvgIpc) is 2.53. The van der Waals surface area contributed by atoms with E-state index < -0.39 is 0 Å². The van der Waals surface area contributed by atoms with Gasteiger partial charge in [-0.15, -0.1) is 10.2 Å². The normalized spacial score (nSPS) is 12.4. The molecule has 1 atom stereocenters. The number of nitrogens with zero attached hydrogens (tertiary/aromatic N) is 2. The van der Waals surface area contributed by atoms with Crippen LogP contribution in [0.25, 0.3) is 0 Å². The monoisotopic (exact) mass is 232 g/mol. The second-order valence-electron chi connectivity index (χ2n) is 2.57. The predicted octanol–water partition coefficient (Wildman–Crippen LogP) is 0.936. The molecule has 0 aromatic carbocycles. The lowest BCUT2D eigenvalue weighted by atomic mass is 10.5. The minimum atomic E-state index is -0.338. The molecule has 1 aromatic heterocycles. The molecule has 3 N–H and O–H groups in total. The van der Waals surface area contributed by atoms with Gasteiger partial charge in [-0.25, -0.2) is 0 Å². The molecule has 0 fully saturated rings. The summed E-state index contributed by atoms with van der Waals surface area (Å²) in [7, 11) is 0. The van der Waals surface area contributed by atoms with Crippen molar-refractivity contribution in [1.29, 1.82) is 0 Å². The molecular weight excluding hydrogens is 220 g/mol. The Morgan fingerprint density at radius 3 is 3.00 bits per heavy atom. The lowest BCUT2D eigenvalue weighted by Crippen LogP contribution is -2.22. The number of hydrogen-bond acceptors (Lipinski definition) is 6. The van der Waals surface area contributed by atoms with E-state index in [9.17, 15) is 4.79 Å². The van der Waals surface area contributed by atoms with Gasteiger partial charge in [-0.05, 0) is 13.8 Å². The molecule has 1 rings (SSSR count). The molecule has 1 heterocycles. The van der Waals surface area contributed by atoms with Gasteiger partial charge in [0, 0.05) is 6.54 Å². The van der Waals surface area contributed by atoms with E-state index in [1.807, 2.05) is 6.92 Å². The van der Waals surface area contributed by atoms with Gasteiger partial charge in [-0.2, -0.15) is 0 Å². The quantitative estimate of drug-likeness (QED) is 0.738. The van der Waals surface area contributed by atoms with Crippen LogP contribution in [0.1, 0.15) is 13.8 Å². The average molecular weight is 232 g/mol. The zero-order valence-electron chi connectivity index (χ0n) is 7.98. The second-order valence-corrected chi connectivity index (χ2v) is 5.13. The topological polar surface area (TPSA) is 80.9 Å². The van der Waals surface area contributed by atoms with E-state index >= 15 is 0 Å². The maximum atomic E-state index is 10.8. The van der Waals surface area contributed by atoms with Crippen molar-refractivity contribution in [3.05, 3.63) is 0 Å². The first kappa shape index (κ1) is 11.3. The first-order chi connectivity index (χ1) is 6.63. The van der Waals surface area contributed by atoms with Crippen LogP contribution in [0.4, 0.5) is 5.13 Å². The molecule has 5 nitrogen and oxygen atoms in total. The maximum absolute atomic E-state index is 10.8. The molecule has 0 unspecified atom stereocenters. The van der Waals surface area contributed by atoms with Crippen molar-refractivity contribution in [2.24, 2.45) is 5.73 Å². The molecule has 78 valence electrons. The zero-order chi connectivity index (χ0) is 10.6. The largest absolute Gasteiger partial charge is 0.369 e. The van der Waals surface area contributed by atoms with Gasteiger partial charge in [0.1, 0.15) is 0 Å². The van der Waals surface area contributed by atoms with Crippen LogP contribution < -0.4 is 11.1 Å². The van der Waals surface area contributed by atoms with E-state index in [2.05, 4.69) is 15.5 Å². The van der Waals surface area contributed by atoms with Crippen LogP contribution in [0.15, 0.2) is 4.34 Å². The molecule has 14 heavy (non-hydrogen) atoms. The second kappa shape index (κ2) is 5.16. The van der Waals surface area contributed by atoms with Gasteiger partial charge >= 0.3 is 0 Å². The smallest absolute Gasteiger partial charge is 0.230 e. The highest BCUT2D eigenvalue weighted by atomic mass is 32.2. The van der Waals surface area contributed by atoms with Crippen LogP contribution in [0, 0.1) is 0 Å². The summed E-state index contributed by atoms with van der Waals surface area (Å²) in [5.74, 6) is -0.338. The highest BCUT2D eigenvalue weighted by Crippen LogP contribution is 2.28. The molecule has 1 amide bonds. The molecule has 0 bridgehead atoms. The van der Waals surface area contributed by atoms with Crippen molar-refractivity contribution in [1.82, 2.24) is 10.2 Å². The Kier molecular flexibility index (Phi) is 4.15. The Balaban J connectivity index is 2.55. The predicted molar refractivity (Wildman–Crippen MR) is 58.6 cm³/mol. The summed E-state index contributed by atoms with van der Waals surface area (Å²) in [6.45, 7) is 4.55. The van der Waals surface area contributed by atoms with Gasteiger partial charge < -0.3 is 11.1 Å². The van der Waals surface area contributed by atoms with Gasteiger partial charge in [0.25, 0.3) is 0 Å². The van der Waals surface area contributed by atoms with Crippen molar-refractivity contribution in [3.63, 3.8) is 0 Å². The third-order valence-corrected chi connectivity index (χ3v) is 3.50. The first-order valence-corrected chi connectivity index (χ1v) is 5.86. The number of amides is 1. The molecule has 0 spiro atoms. The number of aromatic nitrogens is 2. The Bertz CT molecular complexity index is 314. The molecule has 0 aliphatic heterocycles. The van der Waals surface area contributed by atoms with E-state index in [0.29, 0.717) is 0 Å². The summed E-state index contributed by atoms with van der Waals surface area (Å²) in [6.07, 6.45) is 0. The van der Waals surface area contributed by atoms with Crippen molar-refractivity contribution in [2.45, 2.75) is 23.4 Å². The van der Waals surface area contributed by atoms with Crippen LogP contribution in [0.2, 0.25) is 0 Å². The maximum Gasteiger partial charge on any atom is 0.230 e. The number of rotatable bonds is 5. The Morgan fingerprint density at radius 2 is 2.43 bits per heavy atom. The minimum absolute atomic E-state index is 0.266. The summed E-state index contributed by atoms with van der Waals surface area (Å²) in [5.41, 5.74) is 5.13. The fraction of sp³-hybridized carbons (Fsp3) is 0.571. The summed E-state index contributed by atoms with van der Waals surface area (Å²) in [6, 6.07) is 0. The number of carbonyl (C=O) groups is 1. The fourth-order valence-electron chi connectivity index (χ4n) is 0.689. The van der Waals surface area contributed by atoms with E-state index in [-0.39, 0.29) is 11.2 Å². The molecule has 0 aliphatic rings. The van der Waals surface area contributed by atoms with Crippen LogP contribution in [-0.2, 0) is 4.79 Å². The number of anilines is 1. The van der Waals surface area contributed by atoms with E-state index in [1.54, 1.807) is 6.92 Å². The highest BCUT2D eigenvalue weighted by Gasteiger charge is 2.13. The summed E-state index contributed by atoms with van der Waals surface area (Å²) >= 11 is 2.75. The fourth-order valence-corrected chi connectivity index (χ4v) is 2.60. The van der Waals surface area contributed by atoms with Gasteiger partial charge in [0.2, 0.25) is 11.0 Å². The summed E-state index contributed by atoms with van der Waals surface area (Å²) in [4.78, 5) is 10.8. The number of thioether (sulfide) groups is 1. The molecule has 7 heteroatoms. The number of hydrogen-bond donors (Lipinski definition) is 2. The van der Waals surface area contributed by atoms with Gasteiger partial charge in [0.15, 0.2) is 4.34 Å². The van der Waals surface area contributed by atoms with Crippen LogP contribution in [0.3, 0.4) is 0 Å². The van der Waals surface area contributed by atoms with Crippen molar-refractivity contribution in [3.8, 4) is 0 Å². The first-order valence-electron chi connectivity index (χ1n) is 4.16. The Hall–Kier alpha value is -0.820.